The molecule has 0 unspecified atom stereocenters. The first-order chi connectivity index (χ1) is 15.9. The van der Waals surface area contributed by atoms with E-state index in [4.69, 9.17) is 0 Å². The van der Waals surface area contributed by atoms with Gasteiger partial charge in [0.1, 0.15) is 23.5 Å². The lowest BCUT2D eigenvalue weighted by Gasteiger charge is -2.11. The van der Waals surface area contributed by atoms with Gasteiger partial charge in [-0.05, 0) is 54.1 Å². The van der Waals surface area contributed by atoms with Crippen LogP contribution in [0.2, 0.25) is 0 Å². The molecule has 0 heterocycles. The monoisotopic (exact) mass is 484 g/mol. The zero-order valence-electron chi connectivity index (χ0n) is 17.6. The number of hydrogen-bond donors (Lipinski definition) is 0. The summed E-state index contributed by atoms with van der Waals surface area (Å²) in [7, 11) is -4.70. The van der Waals surface area contributed by atoms with E-state index in [9.17, 15) is 21.8 Å². The van der Waals surface area contributed by atoms with Crippen LogP contribution >= 0.6 is 0 Å². The molecule has 0 aliphatic heterocycles. The molecule has 0 bridgehead atoms. The lowest BCUT2D eigenvalue weighted by Crippen LogP contribution is -2.04. The van der Waals surface area contributed by atoms with Crippen molar-refractivity contribution in [1.82, 2.24) is 0 Å². The predicted octanol–water partition coefficient (Wildman–Crippen LogP) is 6.31. The molecule has 4 aromatic carbocycles. The lowest BCUT2D eigenvalue weighted by atomic mass is 10.1. The molecule has 0 aliphatic carbocycles. The van der Waals surface area contributed by atoms with Crippen molar-refractivity contribution in [3.63, 3.8) is 0 Å². The highest BCUT2D eigenvalue weighted by molar-refractivity contribution is 7.97. The summed E-state index contributed by atoms with van der Waals surface area (Å²) in [6.45, 7) is -1.93. The van der Waals surface area contributed by atoms with Gasteiger partial charge in [-0.3, -0.25) is 0 Å². The van der Waals surface area contributed by atoms with E-state index in [1.165, 1.54) is 14.7 Å². The molecule has 0 N–H and O–H groups in total. The maximum atomic E-state index is 12.3. The van der Waals surface area contributed by atoms with E-state index in [-0.39, 0.29) is 22.0 Å². The third-order valence-corrected chi connectivity index (χ3v) is 7.80. The maximum absolute atomic E-state index is 12.3. The molecule has 0 spiro atoms. The van der Waals surface area contributed by atoms with Crippen LogP contribution in [0.15, 0.2) is 129 Å². The largest absolute Gasteiger partial charge is 0.744 e. The normalized spacial score (nSPS) is 11.0. The first-order valence-corrected chi connectivity index (χ1v) is 12.7. The summed E-state index contributed by atoms with van der Waals surface area (Å²) in [5.41, 5.74) is -0.153. The van der Waals surface area contributed by atoms with Gasteiger partial charge in [-0.2, -0.15) is 0 Å². The minimum absolute atomic E-state index is 0.0146. The fraction of sp³-hybridized carbons (Fsp3) is 0.0769. The Morgan fingerprint density at radius 3 is 1.39 bits per heavy atom. The van der Waals surface area contributed by atoms with Crippen LogP contribution < -0.4 is 0 Å². The van der Waals surface area contributed by atoms with Crippen molar-refractivity contribution < 1.29 is 21.8 Å². The quantitative estimate of drug-likeness (QED) is 0.238. The van der Waals surface area contributed by atoms with Gasteiger partial charge in [0.15, 0.2) is 14.7 Å². The summed E-state index contributed by atoms with van der Waals surface area (Å²) in [5, 5.41) is 0. The van der Waals surface area contributed by atoms with Gasteiger partial charge in [0.05, 0.1) is 15.8 Å². The first kappa shape index (κ1) is 24.6. The molecule has 0 saturated heterocycles. The standard InChI is InChI=1S/C18H15S.C8H8F2O3S/c1-4-10-16(11-5-1)19(17-12-6-2-7-13-17)18-14-8-3-9-15-18;9-4-6-1-2-8(14(11,12)13)7(3-6)5-10/h1-15H;1-3H,4-5H2,(H,11,12,13)/q+1;/p-1. The molecular weight excluding hydrogens is 462 g/mol. The third kappa shape index (κ3) is 6.74. The number of halogens is 2. The molecule has 4 aromatic rings. The zero-order valence-corrected chi connectivity index (χ0v) is 19.2. The predicted molar refractivity (Wildman–Crippen MR) is 126 cm³/mol. The summed E-state index contributed by atoms with van der Waals surface area (Å²) >= 11 is 0. The molecule has 0 fully saturated rings. The van der Waals surface area contributed by atoms with Crippen LogP contribution in [0.4, 0.5) is 8.78 Å². The molecule has 0 saturated carbocycles. The van der Waals surface area contributed by atoms with Gasteiger partial charge in [0, 0.05) is 5.56 Å². The van der Waals surface area contributed by atoms with Gasteiger partial charge in [-0.15, -0.1) is 0 Å². The summed E-state index contributed by atoms with van der Waals surface area (Å²) in [6, 6.07) is 35.3. The van der Waals surface area contributed by atoms with Gasteiger partial charge in [0.25, 0.3) is 0 Å². The third-order valence-electron chi connectivity index (χ3n) is 4.63. The highest BCUT2D eigenvalue weighted by atomic mass is 32.2. The van der Waals surface area contributed by atoms with E-state index < -0.39 is 28.4 Å². The summed E-state index contributed by atoms with van der Waals surface area (Å²) in [5.74, 6) is 0. The van der Waals surface area contributed by atoms with Crippen LogP contribution in [0.5, 0.6) is 0 Å². The van der Waals surface area contributed by atoms with Crippen LogP contribution in [0, 0.1) is 0 Å². The number of rotatable bonds is 6. The van der Waals surface area contributed by atoms with Gasteiger partial charge in [0.2, 0.25) is 0 Å². The number of benzene rings is 4. The fourth-order valence-electron chi connectivity index (χ4n) is 3.14. The fourth-order valence-corrected chi connectivity index (χ4v) is 5.92. The highest BCUT2D eigenvalue weighted by Crippen LogP contribution is 2.30. The highest BCUT2D eigenvalue weighted by Gasteiger charge is 2.27. The zero-order chi connectivity index (χ0) is 23.7. The average molecular weight is 485 g/mol. The van der Waals surface area contributed by atoms with Crippen LogP contribution in [0.1, 0.15) is 11.1 Å². The molecule has 0 aromatic heterocycles. The van der Waals surface area contributed by atoms with Crippen molar-refractivity contribution in [3.05, 3.63) is 120 Å². The van der Waals surface area contributed by atoms with Gasteiger partial charge >= 0.3 is 0 Å². The molecule has 0 atom stereocenters. The summed E-state index contributed by atoms with van der Waals surface area (Å²) < 4.78 is 56.2. The second-order valence-electron chi connectivity index (χ2n) is 6.91. The molecule has 0 radical (unpaired) electrons. The maximum Gasteiger partial charge on any atom is 0.166 e. The van der Waals surface area contributed by atoms with E-state index >= 15 is 0 Å². The van der Waals surface area contributed by atoms with E-state index in [1.54, 1.807) is 0 Å². The van der Waals surface area contributed by atoms with Crippen LogP contribution in [-0.2, 0) is 34.4 Å². The second-order valence-corrected chi connectivity index (χ2v) is 10.3. The number of hydrogen-bond acceptors (Lipinski definition) is 3. The Hall–Kier alpha value is -3.00. The molecule has 33 heavy (non-hydrogen) atoms. The first-order valence-electron chi connectivity index (χ1n) is 10.0. The molecule has 7 heteroatoms. The Morgan fingerprint density at radius 2 is 1.06 bits per heavy atom. The van der Waals surface area contributed by atoms with Gasteiger partial charge in [-0.25, -0.2) is 17.2 Å². The molecule has 3 nitrogen and oxygen atoms in total. The van der Waals surface area contributed by atoms with Gasteiger partial charge < -0.3 is 4.55 Å². The van der Waals surface area contributed by atoms with Crippen LogP contribution in [0.3, 0.4) is 0 Å². The van der Waals surface area contributed by atoms with E-state index in [1.807, 2.05) is 0 Å². The summed E-state index contributed by atoms with van der Waals surface area (Å²) in [4.78, 5) is 3.46. The lowest BCUT2D eigenvalue weighted by molar-refractivity contribution is 0.448. The SMILES string of the molecule is O=S(=O)([O-])c1ccc(CF)cc1CF.c1ccc([S+](c2ccccc2)c2ccccc2)cc1. The van der Waals surface area contributed by atoms with Crippen molar-refractivity contribution in [2.75, 3.05) is 0 Å². The Balaban J connectivity index is 0.000000196. The molecule has 0 aliphatic rings. The molecule has 4 rings (SSSR count). The summed E-state index contributed by atoms with van der Waals surface area (Å²) in [6.07, 6.45) is 0. The van der Waals surface area contributed by atoms with Crippen LogP contribution in [-0.4, -0.2) is 13.0 Å². The Morgan fingerprint density at radius 1 is 0.636 bits per heavy atom. The topological polar surface area (TPSA) is 57.2 Å². The van der Waals surface area contributed by atoms with Crippen molar-refractivity contribution in [1.29, 1.82) is 0 Å². The van der Waals surface area contributed by atoms with E-state index in [0.717, 1.165) is 18.2 Å². The molecule has 170 valence electrons. The van der Waals surface area contributed by atoms with Crippen LogP contribution in [0.25, 0.3) is 0 Å². The molecular formula is C26H22F2O3S2. The average Bonchev–Trinajstić information content (AvgIpc) is 2.85. The van der Waals surface area contributed by atoms with E-state index in [0.29, 0.717) is 0 Å². The van der Waals surface area contributed by atoms with Crippen molar-refractivity contribution >= 4 is 21.0 Å². The smallest absolute Gasteiger partial charge is 0.166 e. The van der Waals surface area contributed by atoms with Crippen molar-refractivity contribution in [3.8, 4) is 0 Å². The number of alkyl halides is 2. The minimum atomic E-state index is -4.68. The van der Waals surface area contributed by atoms with Crippen molar-refractivity contribution in [2.45, 2.75) is 32.9 Å². The second kappa shape index (κ2) is 11.7. The van der Waals surface area contributed by atoms with Gasteiger partial charge in [-0.1, -0.05) is 60.7 Å². The van der Waals surface area contributed by atoms with Crippen molar-refractivity contribution in [2.24, 2.45) is 0 Å². The molecule has 0 amide bonds. The Kier molecular flexibility index (Phi) is 8.77. The van der Waals surface area contributed by atoms with E-state index in [2.05, 4.69) is 91.0 Å². The Labute approximate surface area is 195 Å². The minimum Gasteiger partial charge on any atom is -0.744 e. The Bertz CT molecular complexity index is 1160.